The second kappa shape index (κ2) is 5.74. The second-order valence-electron chi connectivity index (χ2n) is 5.36. The molecule has 1 aliphatic carbocycles. The van der Waals surface area contributed by atoms with E-state index in [0.717, 1.165) is 32.1 Å². The zero-order valence-corrected chi connectivity index (χ0v) is 11.4. The van der Waals surface area contributed by atoms with Gasteiger partial charge in [-0.1, -0.05) is 13.3 Å². The zero-order valence-electron chi connectivity index (χ0n) is 11.4. The number of hydrogen-bond acceptors (Lipinski definition) is 2. The van der Waals surface area contributed by atoms with Crippen LogP contribution in [-0.2, 0) is 6.54 Å². The summed E-state index contributed by atoms with van der Waals surface area (Å²) >= 11 is 0. The average Bonchev–Trinajstić information content (AvgIpc) is 2.73. The molecule has 102 valence electrons. The first-order valence-electron chi connectivity index (χ1n) is 7.12. The molecule has 2 rings (SSSR count). The first kappa shape index (κ1) is 13.4. The predicted molar refractivity (Wildman–Crippen MR) is 71.7 cm³/mol. The fourth-order valence-electron chi connectivity index (χ4n) is 3.16. The maximum atomic E-state index is 12.2. The Labute approximate surface area is 108 Å². The Kier molecular flexibility index (Phi) is 4.27. The molecule has 4 heteroatoms. The lowest BCUT2D eigenvalue weighted by Crippen LogP contribution is -2.36. The van der Waals surface area contributed by atoms with Gasteiger partial charge in [-0.05, 0) is 38.5 Å². The van der Waals surface area contributed by atoms with E-state index in [2.05, 4.69) is 6.92 Å². The van der Waals surface area contributed by atoms with Gasteiger partial charge in [-0.25, -0.2) is 4.79 Å². The molecule has 1 aromatic heterocycles. The van der Waals surface area contributed by atoms with Crippen molar-refractivity contribution in [1.29, 1.82) is 0 Å². The lowest BCUT2D eigenvalue weighted by molar-refractivity contribution is 0.0680. The first-order chi connectivity index (χ1) is 8.67. The van der Waals surface area contributed by atoms with Crippen molar-refractivity contribution in [2.75, 3.05) is 0 Å². The second-order valence-corrected chi connectivity index (χ2v) is 5.36. The van der Waals surface area contributed by atoms with Crippen LogP contribution in [0.3, 0.4) is 0 Å². The van der Waals surface area contributed by atoms with Crippen LogP contribution in [0.2, 0.25) is 0 Å². The van der Waals surface area contributed by atoms with Gasteiger partial charge in [-0.3, -0.25) is 9.13 Å². The summed E-state index contributed by atoms with van der Waals surface area (Å²) in [5, 5.41) is 9.86. The number of aromatic nitrogens is 2. The maximum Gasteiger partial charge on any atom is 0.328 e. The van der Waals surface area contributed by atoms with E-state index in [-0.39, 0.29) is 17.8 Å². The van der Waals surface area contributed by atoms with Crippen LogP contribution in [0.4, 0.5) is 0 Å². The fraction of sp³-hybridized carbons (Fsp3) is 0.786. The third kappa shape index (κ3) is 2.53. The molecule has 18 heavy (non-hydrogen) atoms. The van der Waals surface area contributed by atoms with E-state index in [9.17, 15) is 9.90 Å². The minimum Gasteiger partial charge on any atom is -0.393 e. The van der Waals surface area contributed by atoms with Crippen LogP contribution in [0.1, 0.15) is 52.0 Å². The van der Waals surface area contributed by atoms with Gasteiger partial charge in [0.05, 0.1) is 6.10 Å². The molecule has 0 spiro atoms. The Bertz CT molecular complexity index is 435. The molecular formula is C14H24N2O2. The highest BCUT2D eigenvalue weighted by Crippen LogP contribution is 2.36. The van der Waals surface area contributed by atoms with Gasteiger partial charge >= 0.3 is 5.69 Å². The maximum absolute atomic E-state index is 12.2. The van der Waals surface area contributed by atoms with Gasteiger partial charge in [0.2, 0.25) is 0 Å². The van der Waals surface area contributed by atoms with Crippen molar-refractivity contribution in [3.8, 4) is 0 Å². The molecule has 0 aromatic carbocycles. The molecule has 0 aliphatic heterocycles. The standard InChI is InChI=1S/C14H24N2O2/c1-3-5-11-6-7-12(17)10-13(11)16-9-8-15(4-2)14(16)18/h8-9,11-13,17H,3-7,10H2,1-2H3. The molecule has 1 aromatic rings. The number of aliphatic hydroxyl groups is 1. The van der Waals surface area contributed by atoms with Crippen molar-refractivity contribution in [3.63, 3.8) is 0 Å². The van der Waals surface area contributed by atoms with E-state index in [1.54, 1.807) is 4.57 Å². The number of aryl methyl sites for hydroxylation is 1. The van der Waals surface area contributed by atoms with Crippen molar-refractivity contribution < 1.29 is 5.11 Å². The minimum absolute atomic E-state index is 0.0673. The van der Waals surface area contributed by atoms with Gasteiger partial charge in [-0.2, -0.15) is 0 Å². The molecule has 1 N–H and O–H groups in total. The van der Waals surface area contributed by atoms with Gasteiger partial charge in [0.1, 0.15) is 0 Å². The molecule has 1 aliphatic rings. The van der Waals surface area contributed by atoms with Crippen LogP contribution in [0.5, 0.6) is 0 Å². The van der Waals surface area contributed by atoms with Crippen LogP contribution >= 0.6 is 0 Å². The van der Waals surface area contributed by atoms with Crippen molar-refractivity contribution in [1.82, 2.24) is 9.13 Å². The zero-order chi connectivity index (χ0) is 13.1. The van der Waals surface area contributed by atoms with E-state index in [4.69, 9.17) is 0 Å². The SMILES string of the molecule is CCCC1CCC(O)CC1n1ccn(CC)c1=O. The van der Waals surface area contributed by atoms with Crippen molar-refractivity contribution in [2.45, 2.75) is 64.6 Å². The Morgan fingerprint density at radius 2 is 2.11 bits per heavy atom. The molecule has 1 fully saturated rings. The van der Waals surface area contributed by atoms with Gasteiger partial charge in [0.15, 0.2) is 0 Å². The summed E-state index contributed by atoms with van der Waals surface area (Å²) in [5.74, 6) is 0.531. The van der Waals surface area contributed by atoms with Crippen LogP contribution in [0, 0.1) is 5.92 Å². The van der Waals surface area contributed by atoms with Crippen molar-refractivity contribution in [3.05, 3.63) is 22.9 Å². The Morgan fingerprint density at radius 1 is 1.33 bits per heavy atom. The summed E-state index contributed by atoms with van der Waals surface area (Å²) in [5.41, 5.74) is 0.0673. The Balaban J connectivity index is 2.26. The number of aliphatic hydroxyl groups excluding tert-OH is 1. The Hall–Kier alpha value is -1.03. The number of rotatable bonds is 4. The molecule has 3 unspecified atom stereocenters. The van der Waals surface area contributed by atoms with Gasteiger partial charge < -0.3 is 5.11 Å². The molecule has 0 amide bonds. The minimum atomic E-state index is -0.250. The van der Waals surface area contributed by atoms with E-state index in [1.807, 2.05) is 23.9 Å². The third-order valence-electron chi connectivity index (χ3n) is 4.16. The van der Waals surface area contributed by atoms with E-state index in [1.165, 1.54) is 0 Å². The smallest absolute Gasteiger partial charge is 0.328 e. The van der Waals surface area contributed by atoms with Gasteiger partial charge in [-0.15, -0.1) is 0 Å². The number of nitrogens with zero attached hydrogens (tertiary/aromatic N) is 2. The third-order valence-corrected chi connectivity index (χ3v) is 4.16. The summed E-state index contributed by atoms with van der Waals surface area (Å²) in [6.07, 6.45) is 8.40. The van der Waals surface area contributed by atoms with E-state index >= 15 is 0 Å². The molecule has 0 saturated heterocycles. The van der Waals surface area contributed by atoms with Crippen LogP contribution in [-0.4, -0.2) is 20.3 Å². The van der Waals surface area contributed by atoms with Gasteiger partial charge in [0, 0.05) is 25.0 Å². The highest BCUT2D eigenvalue weighted by molar-refractivity contribution is 4.91. The number of imidazole rings is 1. The average molecular weight is 252 g/mol. The van der Waals surface area contributed by atoms with E-state index < -0.39 is 0 Å². The molecule has 0 bridgehead atoms. The summed E-state index contributed by atoms with van der Waals surface area (Å²) in [7, 11) is 0. The lowest BCUT2D eigenvalue weighted by Gasteiger charge is -2.34. The lowest BCUT2D eigenvalue weighted by atomic mass is 9.80. The fourth-order valence-corrected chi connectivity index (χ4v) is 3.16. The topological polar surface area (TPSA) is 47.2 Å². The summed E-state index contributed by atoms with van der Waals surface area (Å²) in [6, 6.07) is 0.175. The summed E-state index contributed by atoms with van der Waals surface area (Å²) in [6.45, 7) is 4.87. The summed E-state index contributed by atoms with van der Waals surface area (Å²) < 4.78 is 3.57. The van der Waals surface area contributed by atoms with Crippen molar-refractivity contribution >= 4 is 0 Å². The Morgan fingerprint density at radius 3 is 2.72 bits per heavy atom. The van der Waals surface area contributed by atoms with Gasteiger partial charge in [0.25, 0.3) is 0 Å². The normalized spacial score (nSPS) is 28.5. The monoisotopic (exact) mass is 252 g/mol. The molecule has 1 heterocycles. The molecule has 3 atom stereocenters. The van der Waals surface area contributed by atoms with Crippen molar-refractivity contribution in [2.24, 2.45) is 5.92 Å². The molecule has 1 saturated carbocycles. The van der Waals surface area contributed by atoms with E-state index in [0.29, 0.717) is 12.5 Å². The number of hydrogen-bond donors (Lipinski definition) is 1. The predicted octanol–water partition coefficient (Wildman–Crippen LogP) is 2.17. The van der Waals surface area contributed by atoms with Crippen LogP contribution < -0.4 is 5.69 Å². The van der Waals surface area contributed by atoms with Crippen LogP contribution in [0.25, 0.3) is 0 Å². The molecule has 0 radical (unpaired) electrons. The summed E-state index contributed by atoms with van der Waals surface area (Å²) in [4.78, 5) is 12.2. The molecule has 4 nitrogen and oxygen atoms in total. The highest BCUT2D eigenvalue weighted by Gasteiger charge is 2.31. The first-order valence-corrected chi connectivity index (χ1v) is 7.12. The van der Waals surface area contributed by atoms with Crippen LogP contribution in [0.15, 0.2) is 17.2 Å². The largest absolute Gasteiger partial charge is 0.393 e. The highest BCUT2D eigenvalue weighted by atomic mass is 16.3. The molecular weight excluding hydrogens is 228 g/mol. The quantitative estimate of drug-likeness (QED) is 0.892.